The van der Waals surface area contributed by atoms with Crippen molar-refractivity contribution in [1.82, 2.24) is 0 Å². The van der Waals surface area contributed by atoms with Crippen LogP contribution in [-0.2, 0) is 10.8 Å². The molecule has 0 saturated heterocycles. The Morgan fingerprint density at radius 3 is 2.33 bits per heavy atom. The zero-order valence-electron chi connectivity index (χ0n) is 11.0. The van der Waals surface area contributed by atoms with Gasteiger partial charge in [0.1, 0.15) is 0 Å². The summed E-state index contributed by atoms with van der Waals surface area (Å²) in [5.41, 5.74) is 1.17. The Balaban J connectivity index is 2.12. The van der Waals surface area contributed by atoms with Crippen LogP contribution in [0.2, 0.25) is 0 Å². The molecule has 2 nitrogen and oxygen atoms in total. The fourth-order valence-corrected chi connectivity index (χ4v) is 4.08. The summed E-state index contributed by atoms with van der Waals surface area (Å²) >= 11 is 0. The summed E-state index contributed by atoms with van der Waals surface area (Å²) in [4.78, 5) is 0.852. The summed E-state index contributed by atoms with van der Waals surface area (Å²) < 4.78 is 12.5. The molecule has 1 fully saturated rings. The molecule has 1 aliphatic carbocycles. The third kappa shape index (κ3) is 3.42. The third-order valence-electron chi connectivity index (χ3n) is 3.70. The summed E-state index contributed by atoms with van der Waals surface area (Å²) in [5.74, 6) is 0. The first-order valence-electron chi connectivity index (χ1n) is 6.84. The molecule has 1 N–H and O–H groups in total. The number of aliphatic hydroxyl groups is 1. The quantitative estimate of drug-likeness (QED) is 0.892. The normalized spacial score (nSPS) is 27.2. The summed E-state index contributed by atoms with van der Waals surface area (Å²) in [6.45, 7) is 2.03. The van der Waals surface area contributed by atoms with E-state index in [4.69, 9.17) is 0 Å². The number of rotatable bonds is 2. The van der Waals surface area contributed by atoms with E-state index in [0.29, 0.717) is 0 Å². The molecule has 0 radical (unpaired) electrons. The van der Waals surface area contributed by atoms with E-state index < -0.39 is 16.9 Å². The average Bonchev–Trinajstić information content (AvgIpc) is 2.35. The van der Waals surface area contributed by atoms with Gasteiger partial charge in [-0.05, 0) is 31.9 Å². The highest BCUT2D eigenvalue weighted by atomic mass is 32.2. The first kappa shape index (κ1) is 13.8. The maximum Gasteiger partial charge on any atom is 0.0687 e. The molecular weight excluding hydrogens is 244 g/mol. The monoisotopic (exact) mass is 266 g/mol. The van der Waals surface area contributed by atoms with Crippen molar-refractivity contribution in [3.05, 3.63) is 29.8 Å². The largest absolute Gasteiger partial charge is 0.392 e. The summed E-state index contributed by atoms with van der Waals surface area (Å²) in [5, 5.41) is 10.1. The number of hydrogen-bond acceptors (Lipinski definition) is 2. The smallest absolute Gasteiger partial charge is 0.0687 e. The molecule has 2 rings (SSSR count). The van der Waals surface area contributed by atoms with Crippen molar-refractivity contribution >= 4 is 10.8 Å². The Morgan fingerprint density at radius 2 is 1.67 bits per heavy atom. The molecule has 0 heterocycles. The summed E-state index contributed by atoms with van der Waals surface area (Å²) in [6.07, 6.45) is 5.80. The van der Waals surface area contributed by atoms with Crippen LogP contribution in [0.3, 0.4) is 0 Å². The fraction of sp³-hybridized carbons (Fsp3) is 0.600. The van der Waals surface area contributed by atoms with Gasteiger partial charge in [0.2, 0.25) is 0 Å². The third-order valence-corrected chi connectivity index (χ3v) is 5.53. The zero-order valence-corrected chi connectivity index (χ0v) is 11.8. The minimum atomic E-state index is -1.08. The fourth-order valence-electron chi connectivity index (χ4n) is 2.53. The van der Waals surface area contributed by atoms with E-state index in [9.17, 15) is 9.32 Å². The second-order valence-corrected chi connectivity index (χ2v) is 6.88. The lowest BCUT2D eigenvalue weighted by atomic mass is 9.98. The summed E-state index contributed by atoms with van der Waals surface area (Å²) in [6, 6.07) is 7.83. The van der Waals surface area contributed by atoms with Crippen molar-refractivity contribution in [2.45, 2.75) is 61.7 Å². The molecule has 0 spiro atoms. The first-order chi connectivity index (χ1) is 8.68. The molecule has 1 aliphatic rings. The van der Waals surface area contributed by atoms with Gasteiger partial charge in [0.15, 0.2) is 0 Å². The zero-order chi connectivity index (χ0) is 13.0. The van der Waals surface area contributed by atoms with Crippen LogP contribution in [0.5, 0.6) is 0 Å². The van der Waals surface area contributed by atoms with Gasteiger partial charge < -0.3 is 5.11 Å². The number of aliphatic hydroxyl groups excluding tert-OH is 1. The van der Waals surface area contributed by atoms with E-state index in [1.54, 1.807) is 0 Å². The van der Waals surface area contributed by atoms with Gasteiger partial charge in [-0.15, -0.1) is 0 Å². The van der Waals surface area contributed by atoms with E-state index >= 15 is 0 Å². The van der Waals surface area contributed by atoms with Gasteiger partial charge in [-0.3, -0.25) is 4.21 Å². The van der Waals surface area contributed by atoms with Crippen LogP contribution >= 0.6 is 0 Å². The molecule has 1 aromatic rings. The predicted octanol–water partition coefficient (Wildman–Crippen LogP) is 3.19. The SMILES string of the molecule is Cc1ccc(S(=O)[C@@H]2CCCCCC[C@H]2O)cc1. The molecular formula is C15H22O2S. The number of aryl methyl sites for hydroxylation is 1. The Morgan fingerprint density at radius 1 is 1.06 bits per heavy atom. The topological polar surface area (TPSA) is 37.3 Å². The first-order valence-corrected chi connectivity index (χ1v) is 8.05. The van der Waals surface area contributed by atoms with Crippen LogP contribution in [0.4, 0.5) is 0 Å². The Kier molecular flexibility index (Phi) is 4.95. The van der Waals surface area contributed by atoms with Gasteiger partial charge >= 0.3 is 0 Å². The van der Waals surface area contributed by atoms with Gasteiger partial charge in [-0.2, -0.15) is 0 Å². The predicted molar refractivity (Wildman–Crippen MR) is 75.1 cm³/mol. The maximum absolute atomic E-state index is 12.5. The highest BCUT2D eigenvalue weighted by molar-refractivity contribution is 7.85. The van der Waals surface area contributed by atoms with Gasteiger partial charge in [0.25, 0.3) is 0 Å². The molecule has 0 aromatic heterocycles. The van der Waals surface area contributed by atoms with Crippen LogP contribution in [0.15, 0.2) is 29.2 Å². The van der Waals surface area contributed by atoms with Crippen LogP contribution in [0.25, 0.3) is 0 Å². The van der Waals surface area contributed by atoms with E-state index in [1.165, 1.54) is 18.4 Å². The average molecular weight is 266 g/mol. The van der Waals surface area contributed by atoms with Gasteiger partial charge in [-0.25, -0.2) is 0 Å². The van der Waals surface area contributed by atoms with Crippen LogP contribution in [0, 0.1) is 6.92 Å². The van der Waals surface area contributed by atoms with Crippen LogP contribution < -0.4 is 0 Å². The van der Waals surface area contributed by atoms with E-state index in [0.717, 1.165) is 30.6 Å². The van der Waals surface area contributed by atoms with Gasteiger partial charge in [-0.1, -0.05) is 43.4 Å². The molecule has 1 saturated carbocycles. The molecule has 18 heavy (non-hydrogen) atoms. The standard InChI is InChI=1S/C15H22O2S/c1-12-8-10-13(11-9-12)18(17)15-7-5-3-2-4-6-14(15)16/h8-11,14-16H,2-7H2,1H3/t14-,15-,18?/m1/s1. The molecule has 1 unspecified atom stereocenters. The second-order valence-electron chi connectivity index (χ2n) is 5.21. The van der Waals surface area contributed by atoms with Crippen molar-refractivity contribution in [3.8, 4) is 0 Å². The molecule has 3 heteroatoms. The lowest BCUT2D eigenvalue weighted by Crippen LogP contribution is -2.31. The maximum atomic E-state index is 12.5. The van der Waals surface area contributed by atoms with Crippen molar-refractivity contribution in [3.63, 3.8) is 0 Å². The lowest BCUT2D eigenvalue weighted by Gasteiger charge is -2.24. The lowest BCUT2D eigenvalue weighted by molar-refractivity contribution is 0.146. The molecule has 100 valence electrons. The second kappa shape index (κ2) is 6.48. The number of benzene rings is 1. The van der Waals surface area contributed by atoms with Crippen LogP contribution in [0.1, 0.15) is 44.1 Å². The Bertz CT molecular complexity index is 399. The van der Waals surface area contributed by atoms with Crippen molar-refractivity contribution in [1.29, 1.82) is 0 Å². The number of hydrogen-bond donors (Lipinski definition) is 1. The Labute approximate surface area is 112 Å². The molecule has 0 amide bonds. The highest BCUT2D eigenvalue weighted by Crippen LogP contribution is 2.25. The molecule has 0 bridgehead atoms. The van der Waals surface area contributed by atoms with Crippen molar-refractivity contribution in [2.75, 3.05) is 0 Å². The molecule has 0 aliphatic heterocycles. The minimum Gasteiger partial charge on any atom is -0.392 e. The highest BCUT2D eigenvalue weighted by Gasteiger charge is 2.27. The van der Waals surface area contributed by atoms with Crippen molar-refractivity contribution in [2.24, 2.45) is 0 Å². The van der Waals surface area contributed by atoms with E-state index in [-0.39, 0.29) is 5.25 Å². The minimum absolute atomic E-state index is 0.0898. The summed E-state index contributed by atoms with van der Waals surface area (Å²) in [7, 11) is -1.08. The van der Waals surface area contributed by atoms with E-state index in [1.807, 2.05) is 31.2 Å². The van der Waals surface area contributed by atoms with Gasteiger partial charge in [0.05, 0.1) is 22.2 Å². The van der Waals surface area contributed by atoms with Crippen molar-refractivity contribution < 1.29 is 9.32 Å². The Hall–Kier alpha value is -0.670. The molecule has 1 aromatic carbocycles. The van der Waals surface area contributed by atoms with Gasteiger partial charge in [0, 0.05) is 4.90 Å². The van der Waals surface area contributed by atoms with E-state index in [2.05, 4.69) is 0 Å². The van der Waals surface area contributed by atoms with Crippen LogP contribution in [-0.4, -0.2) is 20.7 Å². The molecule has 3 atom stereocenters.